The molecule has 0 aliphatic heterocycles. The van der Waals surface area contributed by atoms with Crippen LogP contribution in [0.4, 0.5) is 11.4 Å². The van der Waals surface area contributed by atoms with Gasteiger partial charge in [-0.25, -0.2) is 0 Å². The number of thiophene rings is 1. The molecule has 1 aromatic heterocycles. The second-order valence-electron chi connectivity index (χ2n) is 5.28. The first kappa shape index (κ1) is 18.5. The lowest BCUT2D eigenvalue weighted by Gasteiger charge is -2.10. The highest BCUT2D eigenvalue weighted by molar-refractivity contribution is 8.00. The van der Waals surface area contributed by atoms with Crippen molar-refractivity contribution in [1.82, 2.24) is 0 Å². The van der Waals surface area contributed by atoms with Gasteiger partial charge in [-0.15, -0.1) is 23.1 Å². The van der Waals surface area contributed by atoms with Gasteiger partial charge in [0.2, 0.25) is 5.91 Å². The van der Waals surface area contributed by atoms with Gasteiger partial charge < -0.3 is 10.6 Å². The lowest BCUT2D eigenvalue weighted by molar-refractivity contribution is -0.113. The first-order chi connectivity index (χ1) is 12.6. The van der Waals surface area contributed by atoms with Crippen molar-refractivity contribution < 1.29 is 9.59 Å². The Balaban J connectivity index is 1.57. The Morgan fingerprint density at radius 3 is 2.50 bits per heavy atom. The van der Waals surface area contributed by atoms with Crippen LogP contribution in [-0.4, -0.2) is 17.6 Å². The Bertz CT molecular complexity index is 899. The molecule has 0 fully saturated rings. The fourth-order valence-corrected chi connectivity index (χ4v) is 3.71. The number of carbonyl (C=O) groups excluding carboxylic acids is 2. The molecule has 0 saturated heterocycles. The predicted octanol–water partition coefficient (Wildman–Crippen LogP) is 5.38. The number of hydrogen-bond acceptors (Lipinski definition) is 4. The fraction of sp³-hybridized carbons (Fsp3) is 0.0526. The van der Waals surface area contributed by atoms with E-state index in [0.29, 0.717) is 27.0 Å². The van der Waals surface area contributed by atoms with E-state index in [4.69, 9.17) is 11.6 Å². The van der Waals surface area contributed by atoms with Crippen molar-refractivity contribution in [2.75, 3.05) is 16.4 Å². The Hall–Kier alpha value is -2.28. The average Bonchev–Trinajstić information content (AvgIpc) is 3.18. The lowest BCUT2D eigenvalue weighted by Crippen LogP contribution is -2.14. The molecule has 2 aromatic carbocycles. The van der Waals surface area contributed by atoms with Gasteiger partial charge in [-0.1, -0.05) is 35.9 Å². The van der Waals surface area contributed by atoms with E-state index in [0.717, 1.165) is 4.90 Å². The summed E-state index contributed by atoms with van der Waals surface area (Å²) in [6.45, 7) is 0. The number of nitrogens with one attached hydrogen (secondary N) is 2. The maximum atomic E-state index is 12.1. The van der Waals surface area contributed by atoms with Gasteiger partial charge in [0.25, 0.3) is 5.91 Å². The SMILES string of the molecule is O=C(CSc1ccccc1)Nc1ccc(NC(=O)c2cccs2)c(Cl)c1. The Morgan fingerprint density at radius 2 is 1.81 bits per heavy atom. The minimum Gasteiger partial charge on any atom is -0.325 e. The van der Waals surface area contributed by atoms with Crippen LogP contribution in [0.2, 0.25) is 5.02 Å². The Morgan fingerprint density at radius 1 is 1.00 bits per heavy atom. The first-order valence-electron chi connectivity index (χ1n) is 7.74. The van der Waals surface area contributed by atoms with Gasteiger partial charge in [0.05, 0.1) is 21.3 Å². The molecule has 2 N–H and O–H groups in total. The lowest BCUT2D eigenvalue weighted by atomic mass is 10.2. The van der Waals surface area contributed by atoms with E-state index in [2.05, 4.69) is 10.6 Å². The van der Waals surface area contributed by atoms with Crippen molar-refractivity contribution in [3.8, 4) is 0 Å². The van der Waals surface area contributed by atoms with Crippen LogP contribution in [0.25, 0.3) is 0 Å². The van der Waals surface area contributed by atoms with Crippen molar-refractivity contribution in [3.05, 3.63) is 75.9 Å². The summed E-state index contributed by atoms with van der Waals surface area (Å²) in [6.07, 6.45) is 0. The molecule has 26 heavy (non-hydrogen) atoms. The highest BCUT2D eigenvalue weighted by Crippen LogP contribution is 2.27. The van der Waals surface area contributed by atoms with E-state index >= 15 is 0 Å². The number of amides is 2. The molecule has 2 amide bonds. The molecule has 4 nitrogen and oxygen atoms in total. The van der Waals surface area contributed by atoms with Crippen LogP contribution in [0.5, 0.6) is 0 Å². The Labute approximate surface area is 164 Å². The number of hydrogen-bond donors (Lipinski definition) is 2. The van der Waals surface area contributed by atoms with E-state index in [1.165, 1.54) is 23.1 Å². The van der Waals surface area contributed by atoms with Crippen molar-refractivity contribution in [1.29, 1.82) is 0 Å². The third kappa shape index (κ3) is 5.11. The number of carbonyl (C=O) groups is 2. The zero-order chi connectivity index (χ0) is 18.4. The van der Waals surface area contributed by atoms with Crippen LogP contribution < -0.4 is 10.6 Å². The molecule has 1 heterocycles. The van der Waals surface area contributed by atoms with Crippen LogP contribution in [-0.2, 0) is 4.79 Å². The van der Waals surface area contributed by atoms with Crippen LogP contribution in [0.15, 0.2) is 70.9 Å². The van der Waals surface area contributed by atoms with Gasteiger partial charge in [-0.05, 0) is 41.8 Å². The van der Waals surface area contributed by atoms with Crippen molar-refractivity contribution in [2.45, 2.75) is 4.90 Å². The molecule has 0 radical (unpaired) electrons. The summed E-state index contributed by atoms with van der Waals surface area (Å²) in [4.78, 5) is 25.8. The van der Waals surface area contributed by atoms with Gasteiger partial charge in [-0.3, -0.25) is 9.59 Å². The molecule has 0 aliphatic carbocycles. The third-order valence-corrected chi connectivity index (χ3v) is 5.55. The quantitative estimate of drug-likeness (QED) is 0.544. The topological polar surface area (TPSA) is 58.2 Å². The van der Waals surface area contributed by atoms with E-state index in [9.17, 15) is 9.59 Å². The van der Waals surface area contributed by atoms with Crippen LogP contribution in [0.3, 0.4) is 0 Å². The number of thioether (sulfide) groups is 1. The molecule has 0 atom stereocenters. The monoisotopic (exact) mass is 402 g/mol. The summed E-state index contributed by atoms with van der Waals surface area (Å²) in [5.41, 5.74) is 1.09. The molecule has 132 valence electrons. The molecule has 7 heteroatoms. The second kappa shape index (κ2) is 8.89. The summed E-state index contributed by atoms with van der Waals surface area (Å²) in [7, 11) is 0. The van der Waals surface area contributed by atoms with Crippen LogP contribution >= 0.6 is 34.7 Å². The summed E-state index contributed by atoms with van der Waals surface area (Å²) >= 11 is 9.04. The van der Waals surface area contributed by atoms with Crippen LogP contribution in [0.1, 0.15) is 9.67 Å². The van der Waals surface area contributed by atoms with Gasteiger partial charge in [0, 0.05) is 10.6 Å². The summed E-state index contributed by atoms with van der Waals surface area (Å²) in [5, 5.41) is 7.77. The van der Waals surface area contributed by atoms with Gasteiger partial charge in [0.15, 0.2) is 0 Å². The maximum Gasteiger partial charge on any atom is 0.265 e. The highest BCUT2D eigenvalue weighted by atomic mass is 35.5. The first-order valence-corrected chi connectivity index (χ1v) is 9.98. The molecule has 3 aromatic rings. The summed E-state index contributed by atoms with van der Waals surface area (Å²) in [5.74, 6) is -0.0263. The molecule has 0 bridgehead atoms. The molecular formula is C19H15ClN2O2S2. The van der Waals surface area contributed by atoms with Gasteiger partial charge in [-0.2, -0.15) is 0 Å². The molecular weight excluding hydrogens is 388 g/mol. The number of benzene rings is 2. The van der Waals surface area contributed by atoms with Gasteiger partial charge >= 0.3 is 0 Å². The molecule has 3 rings (SSSR count). The predicted molar refractivity (Wildman–Crippen MR) is 110 cm³/mol. The fourth-order valence-electron chi connectivity index (χ4n) is 2.15. The van der Waals surface area contributed by atoms with Gasteiger partial charge in [0.1, 0.15) is 0 Å². The molecule has 0 spiro atoms. The zero-order valence-electron chi connectivity index (χ0n) is 13.6. The molecule has 0 unspecified atom stereocenters. The third-order valence-electron chi connectivity index (χ3n) is 3.36. The van der Waals surface area contributed by atoms with E-state index in [1.807, 2.05) is 41.8 Å². The van der Waals surface area contributed by atoms with E-state index in [-0.39, 0.29) is 11.8 Å². The highest BCUT2D eigenvalue weighted by Gasteiger charge is 2.11. The average molecular weight is 403 g/mol. The smallest absolute Gasteiger partial charge is 0.265 e. The number of halogens is 1. The summed E-state index contributed by atoms with van der Waals surface area (Å²) < 4.78 is 0. The Kier molecular flexibility index (Phi) is 6.33. The van der Waals surface area contributed by atoms with Crippen molar-refractivity contribution in [3.63, 3.8) is 0 Å². The molecule has 0 aliphatic rings. The second-order valence-corrected chi connectivity index (χ2v) is 7.68. The van der Waals surface area contributed by atoms with Crippen molar-refractivity contribution >= 4 is 57.9 Å². The van der Waals surface area contributed by atoms with E-state index in [1.54, 1.807) is 24.3 Å². The van der Waals surface area contributed by atoms with Crippen molar-refractivity contribution in [2.24, 2.45) is 0 Å². The van der Waals surface area contributed by atoms with Crippen LogP contribution in [0, 0.1) is 0 Å². The minimum absolute atomic E-state index is 0.120. The minimum atomic E-state index is -0.210. The zero-order valence-corrected chi connectivity index (χ0v) is 16.0. The number of anilines is 2. The summed E-state index contributed by atoms with van der Waals surface area (Å²) in [6, 6.07) is 18.3. The number of rotatable bonds is 6. The maximum absolute atomic E-state index is 12.1. The molecule has 0 saturated carbocycles. The normalized spacial score (nSPS) is 10.3. The largest absolute Gasteiger partial charge is 0.325 e. The van der Waals surface area contributed by atoms with E-state index < -0.39 is 0 Å². The standard InChI is InChI=1S/C19H15ClN2O2S2/c20-15-11-13(21-18(23)12-26-14-5-2-1-3-6-14)8-9-16(15)22-19(24)17-7-4-10-25-17/h1-11H,12H2,(H,21,23)(H,22,24).